The average molecular weight is 833 g/mol. The van der Waals surface area contributed by atoms with Gasteiger partial charge in [-0.05, 0) is 19.3 Å². The molecule has 0 amide bonds. The minimum absolute atomic E-state index is 0.0842. The topological polar surface area (TPSA) is 50.1 Å². The van der Waals surface area contributed by atoms with E-state index in [0.29, 0.717) is 0 Å². The molecule has 0 saturated carbocycles. The lowest BCUT2D eigenvalue weighted by molar-refractivity contribution is -0.440. The van der Waals surface area contributed by atoms with Crippen molar-refractivity contribution in [1.29, 1.82) is 5.26 Å². The van der Waals surface area contributed by atoms with E-state index >= 15 is 0 Å². The molecular formula is C23H17F26NO2. The number of carbonyl (C=O) groups is 1. The molecule has 0 aromatic carbocycles. The summed E-state index contributed by atoms with van der Waals surface area (Å²) in [6, 6.07) is 0.277. The summed E-state index contributed by atoms with van der Waals surface area (Å²) in [5, 5.41) is 9.27. The van der Waals surface area contributed by atoms with Crippen molar-refractivity contribution < 1.29 is 124 Å². The van der Waals surface area contributed by atoms with E-state index in [9.17, 15) is 124 Å². The van der Waals surface area contributed by atoms with Crippen molar-refractivity contribution >= 4 is 5.97 Å². The lowest BCUT2D eigenvalue weighted by Crippen LogP contribution is -2.70. The maximum absolute atomic E-state index is 14.3. The molecule has 0 N–H and O–H groups in total. The fraction of sp³-hybridized carbons (Fsp3) is 0.913. The van der Waals surface area contributed by atoms with E-state index in [1.54, 1.807) is 0 Å². The Morgan fingerprint density at radius 2 is 0.731 bits per heavy atom. The minimum Gasteiger partial charge on any atom is -0.465 e. The molecule has 3 nitrogen and oxygen atoms in total. The molecule has 0 heterocycles. The Morgan fingerprint density at radius 3 is 0.962 bits per heavy atom. The number of hydrogen-bond donors (Lipinski definition) is 0. The second-order valence-electron chi connectivity index (χ2n) is 10.7. The molecule has 0 aliphatic heterocycles. The van der Waals surface area contributed by atoms with Crippen LogP contribution >= 0.6 is 0 Å². The van der Waals surface area contributed by atoms with E-state index in [2.05, 4.69) is 4.74 Å². The van der Waals surface area contributed by atoms with Crippen molar-refractivity contribution in [1.82, 2.24) is 0 Å². The molecule has 0 saturated heterocycles. The van der Waals surface area contributed by atoms with Gasteiger partial charge < -0.3 is 4.74 Å². The predicted molar refractivity (Wildman–Crippen MR) is 114 cm³/mol. The number of hydrogen-bond acceptors (Lipinski definition) is 3. The fourth-order valence-corrected chi connectivity index (χ4v) is 3.59. The number of halogens is 26. The van der Waals surface area contributed by atoms with Crippen LogP contribution in [0.15, 0.2) is 0 Å². The van der Waals surface area contributed by atoms with Crippen molar-refractivity contribution in [2.75, 3.05) is 6.61 Å². The van der Waals surface area contributed by atoms with Crippen LogP contribution in [-0.2, 0) is 9.53 Å². The van der Waals surface area contributed by atoms with Crippen LogP contribution in [-0.4, -0.2) is 84.2 Å². The van der Waals surface area contributed by atoms with Gasteiger partial charge in [-0.2, -0.15) is 119 Å². The van der Waals surface area contributed by atoms with Crippen LogP contribution in [0.5, 0.6) is 0 Å². The standard InChI is InChI=1S/C23H17F26NO2/c1-2-3-8-52-10(51)11(9-50,4-6-12(24,25)14(28,29)16(32,33)18(36,37)20(40,41)22(44,45)46)5-7-13(26,27)15(30,31)17(34,35)19(38,39)21(42,43)23(47,48)49/h2-8H2,1H3. The number of nitriles is 1. The zero-order valence-corrected chi connectivity index (χ0v) is 24.5. The smallest absolute Gasteiger partial charge is 0.460 e. The molecule has 0 atom stereocenters. The highest BCUT2D eigenvalue weighted by Crippen LogP contribution is 2.63. The van der Waals surface area contributed by atoms with E-state index in [0.717, 1.165) is 0 Å². The molecule has 29 heteroatoms. The van der Waals surface area contributed by atoms with Gasteiger partial charge in [-0.15, -0.1) is 0 Å². The molecule has 0 aromatic heterocycles. The molecular weight excluding hydrogens is 816 g/mol. The second-order valence-corrected chi connectivity index (χ2v) is 10.7. The summed E-state index contributed by atoms with van der Waals surface area (Å²) in [5.74, 6) is -83.7. The molecule has 0 aliphatic carbocycles. The van der Waals surface area contributed by atoms with Crippen LogP contribution in [0.3, 0.4) is 0 Å². The monoisotopic (exact) mass is 833 g/mol. The highest BCUT2D eigenvalue weighted by atomic mass is 19.4. The fourth-order valence-electron chi connectivity index (χ4n) is 3.59. The zero-order valence-electron chi connectivity index (χ0n) is 24.5. The number of unbranched alkanes of at least 4 members (excludes halogenated alkanes) is 1. The van der Waals surface area contributed by atoms with Gasteiger partial charge >= 0.3 is 77.5 Å². The van der Waals surface area contributed by atoms with Gasteiger partial charge in [-0.3, -0.25) is 4.79 Å². The largest absolute Gasteiger partial charge is 0.465 e. The van der Waals surface area contributed by atoms with E-state index in [1.165, 1.54) is 6.92 Å². The number of nitrogens with zero attached hydrogens (tertiary/aromatic N) is 1. The predicted octanol–water partition coefficient (Wildman–Crippen LogP) is 10.9. The summed E-state index contributed by atoms with van der Waals surface area (Å²) in [6.07, 6.45) is -29.2. The molecule has 0 rings (SSSR count). The normalized spacial score (nSPS) is 15.8. The van der Waals surface area contributed by atoms with Crippen LogP contribution in [0, 0.1) is 16.7 Å². The molecule has 0 aliphatic rings. The van der Waals surface area contributed by atoms with Crippen molar-refractivity contribution in [3.63, 3.8) is 0 Å². The van der Waals surface area contributed by atoms with Gasteiger partial charge in [0.1, 0.15) is 0 Å². The summed E-state index contributed by atoms with van der Waals surface area (Å²) in [6.45, 7) is 0.110. The van der Waals surface area contributed by atoms with Crippen molar-refractivity contribution in [2.45, 2.75) is 117 Å². The third kappa shape index (κ3) is 7.57. The Morgan fingerprint density at radius 1 is 0.462 bits per heavy atom. The molecule has 0 aromatic rings. The highest BCUT2D eigenvalue weighted by molar-refractivity contribution is 5.80. The number of esters is 1. The van der Waals surface area contributed by atoms with Gasteiger partial charge in [-0.1, -0.05) is 13.3 Å². The SMILES string of the molecule is CCCCOC(=O)C(C#N)(CCC(F)(F)C(F)(F)C(F)(F)C(F)(F)C(F)(F)C(F)(F)F)CCC(F)(F)C(F)(F)C(F)(F)C(F)(F)C(F)(F)C(F)(F)F. The van der Waals surface area contributed by atoms with E-state index < -0.39 is 122 Å². The van der Waals surface area contributed by atoms with Crippen molar-refractivity contribution in [3.05, 3.63) is 0 Å². The lowest BCUT2D eigenvalue weighted by atomic mass is 9.76. The Kier molecular flexibility index (Phi) is 13.3. The number of rotatable bonds is 18. The molecule has 308 valence electrons. The van der Waals surface area contributed by atoms with Gasteiger partial charge in [-0.25, -0.2) is 0 Å². The molecule has 0 bridgehead atoms. The Bertz CT molecular complexity index is 1210. The quantitative estimate of drug-likeness (QED) is 0.0785. The molecule has 0 radical (unpaired) electrons. The first-order valence-electron chi connectivity index (χ1n) is 13.0. The minimum atomic E-state index is -8.49. The average Bonchev–Trinajstić information content (AvgIpc) is 2.95. The summed E-state index contributed by atoms with van der Waals surface area (Å²) >= 11 is 0. The third-order valence-corrected chi connectivity index (χ3v) is 7.06. The summed E-state index contributed by atoms with van der Waals surface area (Å²) < 4.78 is 353. The van der Waals surface area contributed by atoms with Crippen LogP contribution in [0.25, 0.3) is 0 Å². The van der Waals surface area contributed by atoms with Crippen molar-refractivity contribution in [3.8, 4) is 6.07 Å². The van der Waals surface area contributed by atoms with E-state index in [-0.39, 0.29) is 12.5 Å². The summed E-state index contributed by atoms with van der Waals surface area (Å²) in [5.41, 5.74) is -4.35. The number of alkyl halides is 26. The molecule has 0 spiro atoms. The van der Waals surface area contributed by atoms with Crippen LogP contribution < -0.4 is 0 Å². The number of carbonyl (C=O) groups excluding carboxylic acids is 1. The third-order valence-electron chi connectivity index (χ3n) is 7.06. The number of ether oxygens (including phenoxy) is 1. The van der Waals surface area contributed by atoms with Crippen LogP contribution in [0.1, 0.15) is 45.4 Å². The zero-order chi connectivity index (χ0) is 42.4. The van der Waals surface area contributed by atoms with Crippen molar-refractivity contribution in [2.24, 2.45) is 5.41 Å². The maximum atomic E-state index is 14.3. The molecule has 0 unspecified atom stereocenters. The van der Waals surface area contributed by atoms with Gasteiger partial charge in [0.15, 0.2) is 5.41 Å². The first kappa shape index (κ1) is 49.1. The van der Waals surface area contributed by atoms with Gasteiger partial charge in [0, 0.05) is 12.8 Å². The molecule has 52 heavy (non-hydrogen) atoms. The van der Waals surface area contributed by atoms with E-state index in [1.807, 2.05) is 0 Å². The summed E-state index contributed by atoms with van der Waals surface area (Å²) in [4.78, 5) is 12.4. The Hall–Kier alpha value is -2.86. The Balaban J connectivity index is 7.05. The Labute approximate surface area is 271 Å². The van der Waals surface area contributed by atoms with Crippen LogP contribution in [0.4, 0.5) is 114 Å². The lowest BCUT2D eigenvalue weighted by Gasteiger charge is -2.41. The first-order valence-corrected chi connectivity index (χ1v) is 13.0. The second kappa shape index (κ2) is 14.1. The van der Waals surface area contributed by atoms with Gasteiger partial charge in [0.25, 0.3) is 0 Å². The van der Waals surface area contributed by atoms with Crippen LogP contribution in [0.2, 0.25) is 0 Å². The van der Waals surface area contributed by atoms with Gasteiger partial charge in [0.05, 0.1) is 12.7 Å². The molecule has 0 fully saturated rings. The maximum Gasteiger partial charge on any atom is 0.460 e. The van der Waals surface area contributed by atoms with Gasteiger partial charge in [0.2, 0.25) is 0 Å². The summed E-state index contributed by atoms with van der Waals surface area (Å²) in [7, 11) is 0. The highest BCUT2D eigenvalue weighted by Gasteiger charge is 2.92. The first-order chi connectivity index (χ1) is 22.5. The van der Waals surface area contributed by atoms with E-state index in [4.69, 9.17) is 0 Å².